The molecule has 1 aromatic carbocycles. The Kier molecular flexibility index (Phi) is 3.73. The maximum atomic E-state index is 13.7. The van der Waals surface area contributed by atoms with Gasteiger partial charge in [-0.3, -0.25) is 0 Å². The van der Waals surface area contributed by atoms with Crippen LogP contribution in [0.4, 0.5) is 4.39 Å². The van der Waals surface area contributed by atoms with Crippen LogP contribution in [0.1, 0.15) is 19.4 Å². The first-order valence-electron chi connectivity index (χ1n) is 4.57. The average molecular weight is 277 g/mol. The molecule has 0 saturated carbocycles. The van der Waals surface area contributed by atoms with E-state index in [2.05, 4.69) is 15.9 Å². The number of halogens is 2. The molecule has 0 saturated heterocycles. The van der Waals surface area contributed by atoms with Gasteiger partial charge in [0.15, 0.2) is 11.6 Å². The number of aliphatic hydroxyl groups is 1. The van der Waals surface area contributed by atoms with Crippen LogP contribution < -0.4 is 4.74 Å². The summed E-state index contributed by atoms with van der Waals surface area (Å²) in [5.41, 5.74) is 0.139. The van der Waals surface area contributed by atoms with Gasteiger partial charge in [-0.15, -0.1) is 0 Å². The van der Waals surface area contributed by atoms with Crippen molar-refractivity contribution in [2.24, 2.45) is 0 Å². The van der Waals surface area contributed by atoms with Gasteiger partial charge >= 0.3 is 0 Å². The van der Waals surface area contributed by atoms with E-state index in [0.717, 1.165) is 0 Å². The summed E-state index contributed by atoms with van der Waals surface area (Å²) < 4.78 is 19.1. The third-order valence-corrected chi connectivity index (χ3v) is 2.99. The predicted octanol–water partition coefficient (Wildman–Crippen LogP) is 2.87. The molecule has 0 aliphatic rings. The highest BCUT2D eigenvalue weighted by Gasteiger charge is 2.26. The molecule has 1 rings (SSSR count). The minimum Gasteiger partial charge on any atom is -0.493 e. The molecule has 0 aliphatic carbocycles. The molecule has 0 bridgehead atoms. The second kappa shape index (κ2) is 4.49. The number of ether oxygens (including phenoxy) is 1. The molecular formula is C11H14BrFO2. The lowest BCUT2D eigenvalue weighted by atomic mass is 9.85. The number of hydrogen-bond acceptors (Lipinski definition) is 2. The highest BCUT2D eigenvalue weighted by Crippen LogP contribution is 2.36. The fourth-order valence-electron chi connectivity index (χ4n) is 1.35. The van der Waals surface area contributed by atoms with E-state index in [1.165, 1.54) is 7.11 Å². The van der Waals surface area contributed by atoms with E-state index in [1.54, 1.807) is 12.1 Å². The lowest BCUT2D eigenvalue weighted by Gasteiger charge is -2.25. The van der Waals surface area contributed by atoms with Crippen LogP contribution >= 0.6 is 15.9 Å². The first-order chi connectivity index (χ1) is 6.94. The predicted molar refractivity (Wildman–Crippen MR) is 60.8 cm³/mol. The van der Waals surface area contributed by atoms with Crippen molar-refractivity contribution < 1.29 is 14.2 Å². The number of hydrogen-bond donors (Lipinski definition) is 1. The molecule has 0 fully saturated rings. The summed E-state index contributed by atoms with van der Waals surface area (Å²) in [7, 11) is 1.42. The summed E-state index contributed by atoms with van der Waals surface area (Å²) in [6.07, 6.45) is 0. The highest BCUT2D eigenvalue weighted by molar-refractivity contribution is 9.10. The SMILES string of the molecule is COc1c(C(C)(C)CO)ccc(Br)c1F. The van der Waals surface area contributed by atoms with E-state index in [-0.39, 0.29) is 12.4 Å². The molecule has 0 aromatic heterocycles. The van der Waals surface area contributed by atoms with E-state index >= 15 is 0 Å². The normalized spacial score (nSPS) is 11.6. The van der Waals surface area contributed by atoms with Gasteiger partial charge in [0, 0.05) is 11.0 Å². The number of benzene rings is 1. The Labute approximate surface area is 97.2 Å². The van der Waals surface area contributed by atoms with Crippen LogP contribution in [-0.2, 0) is 5.41 Å². The molecule has 0 unspecified atom stereocenters. The fourth-order valence-corrected chi connectivity index (χ4v) is 1.66. The van der Waals surface area contributed by atoms with E-state index in [9.17, 15) is 9.50 Å². The lowest BCUT2D eigenvalue weighted by molar-refractivity contribution is 0.213. The van der Waals surface area contributed by atoms with Gasteiger partial charge in [-0.25, -0.2) is 4.39 Å². The van der Waals surface area contributed by atoms with Crippen molar-refractivity contribution in [3.05, 3.63) is 28.0 Å². The molecule has 4 heteroatoms. The standard InChI is InChI=1S/C11H14BrFO2/c1-11(2,6-14)7-4-5-8(12)9(13)10(7)15-3/h4-5,14H,6H2,1-3H3. The smallest absolute Gasteiger partial charge is 0.179 e. The van der Waals surface area contributed by atoms with E-state index in [4.69, 9.17) is 4.74 Å². The molecule has 1 aromatic rings. The van der Waals surface area contributed by atoms with Gasteiger partial charge in [0.2, 0.25) is 0 Å². The van der Waals surface area contributed by atoms with Crippen molar-refractivity contribution in [2.45, 2.75) is 19.3 Å². The van der Waals surface area contributed by atoms with Gasteiger partial charge in [-0.05, 0) is 22.0 Å². The Morgan fingerprint density at radius 3 is 2.53 bits per heavy atom. The Morgan fingerprint density at radius 1 is 1.47 bits per heavy atom. The monoisotopic (exact) mass is 276 g/mol. The van der Waals surface area contributed by atoms with Crippen LogP contribution in [0.25, 0.3) is 0 Å². The van der Waals surface area contributed by atoms with Crippen LogP contribution in [0.5, 0.6) is 5.75 Å². The minimum absolute atomic E-state index is 0.0650. The van der Waals surface area contributed by atoms with Crippen molar-refractivity contribution >= 4 is 15.9 Å². The number of methoxy groups -OCH3 is 1. The van der Waals surface area contributed by atoms with Gasteiger partial charge < -0.3 is 9.84 Å². The summed E-state index contributed by atoms with van der Waals surface area (Å²) in [4.78, 5) is 0. The molecule has 2 nitrogen and oxygen atoms in total. The molecule has 0 spiro atoms. The van der Waals surface area contributed by atoms with Crippen molar-refractivity contribution in [3.63, 3.8) is 0 Å². The zero-order valence-corrected chi connectivity index (χ0v) is 10.6. The molecule has 0 aliphatic heterocycles. The maximum Gasteiger partial charge on any atom is 0.179 e. The molecule has 1 N–H and O–H groups in total. The second-order valence-corrected chi connectivity index (χ2v) is 4.84. The second-order valence-electron chi connectivity index (χ2n) is 3.98. The van der Waals surface area contributed by atoms with Gasteiger partial charge in [0.1, 0.15) is 0 Å². The van der Waals surface area contributed by atoms with E-state index < -0.39 is 11.2 Å². The van der Waals surface area contributed by atoms with Crippen molar-refractivity contribution in [3.8, 4) is 5.75 Å². The van der Waals surface area contributed by atoms with Crippen molar-refractivity contribution in [1.82, 2.24) is 0 Å². The molecular weight excluding hydrogens is 263 g/mol. The first kappa shape index (κ1) is 12.5. The minimum atomic E-state index is -0.521. The molecule has 0 radical (unpaired) electrons. The Morgan fingerprint density at radius 2 is 2.07 bits per heavy atom. The van der Waals surface area contributed by atoms with Crippen molar-refractivity contribution in [2.75, 3.05) is 13.7 Å². The molecule has 15 heavy (non-hydrogen) atoms. The Bertz CT molecular complexity index is 364. The Hall–Kier alpha value is -0.610. The van der Waals surface area contributed by atoms with E-state index in [0.29, 0.717) is 10.0 Å². The number of rotatable bonds is 3. The summed E-state index contributed by atoms with van der Waals surface area (Å²) in [5, 5.41) is 9.24. The third kappa shape index (κ3) is 2.32. The number of aliphatic hydroxyl groups excluding tert-OH is 1. The van der Waals surface area contributed by atoms with Crippen LogP contribution in [0.2, 0.25) is 0 Å². The zero-order valence-electron chi connectivity index (χ0n) is 8.97. The molecule has 0 heterocycles. The fraction of sp³-hybridized carbons (Fsp3) is 0.455. The summed E-state index contributed by atoms with van der Waals surface area (Å²) in [6.45, 7) is 3.60. The highest BCUT2D eigenvalue weighted by atomic mass is 79.9. The summed E-state index contributed by atoms with van der Waals surface area (Å²) >= 11 is 3.09. The van der Waals surface area contributed by atoms with Gasteiger partial charge in [-0.2, -0.15) is 0 Å². The van der Waals surface area contributed by atoms with Gasteiger partial charge in [-0.1, -0.05) is 19.9 Å². The molecule has 0 atom stereocenters. The summed E-state index contributed by atoms with van der Waals surface area (Å²) in [5.74, 6) is -0.250. The molecule has 0 amide bonds. The van der Waals surface area contributed by atoms with Crippen LogP contribution in [0.15, 0.2) is 16.6 Å². The topological polar surface area (TPSA) is 29.5 Å². The van der Waals surface area contributed by atoms with Crippen LogP contribution in [-0.4, -0.2) is 18.8 Å². The zero-order chi connectivity index (χ0) is 11.6. The third-order valence-electron chi connectivity index (χ3n) is 2.38. The van der Waals surface area contributed by atoms with Crippen LogP contribution in [0.3, 0.4) is 0 Å². The van der Waals surface area contributed by atoms with Gasteiger partial charge in [0.25, 0.3) is 0 Å². The summed E-state index contributed by atoms with van der Waals surface area (Å²) in [6, 6.07) is 3.37. The van der Waals surface area contributed by atoms with Gasteiger partial charge in [0.05, 0.1) is 18.2 Å². The maximum absolute atomic E-state index is 13.7. The quantitative estimate of drug-likeness (QED) is 0.920. The Balaban J connectivity index is 3.37. The molecule has 84 valence electrons. The lowest BCUT2D eigenvalue weighted by Crippen LogP contribution is -2.23. The van der Waals surface area contributed by atoms with Crippen LogP contribution in [0, 0.1) is 5.82 Å². The van der Waals surface area contributed by atoms with Crippen molar-refractivity contribution in [1.29, 1.82) is 0 Å². The average Bonchev–Trinajstić information content (AvgIpc) is 2.21. The van der Waals surface area contributed by atoms with E-state index in [1.807, 2.05) is 13.8 Å². The first-order valence-corrected chi connectivity index (χ1v) is 5.36. The largest absolute Gasteiger partial charge is 0.493 e.